The molecule has 0 amide bonds. The molecule has 5 nitrogen and oxygen atoms in total. The number of methoxy groups -OCH3 is 1. The first-order valence-corrected chi connectivity index (χ1v) is 5.91. The van der Waals surface area contributed by atoms with Crippen molar-refractivity contribution >= 4 is 11.4 Å². The lowest BCUT2D eigenvalue weighted by molar-refractivity contribution is -0.384. The quantitative estimate of drug-likeness (QED) is 0.671. The van der Waals surface area contributed by atoms with Crippen LogP contribution in [-0.2, 0) is 6.54 Å². The van der Waals surface area contributed by atoms with Crippen LogP contribution in [0.3, 0.4) is 0 Å². The zero-order valence-corrected chi connectivity index (χ0v) is 10.8. The Labute approximate surface area is 115 Å². The molecule has 0 aliphatic rings. The maximum Gasteiger partial charge on any atom is 0.269 e. The van der Waals surface area contributed by atoms with Crippen molar-refractivity contribution in [2.45, 2.75) is 6.54 Å². The topological polar surface area (TPSA) is 64.4 Å². The summed E-state index contributed by atoms with van der Waals surface area (Å²) in [7, 11) is 1.39. The summed E-state index contributed by atoms with van der Waals surface area (Å²) in [6.07, 6.45) is 0. The number of hydrogen-bond donors (Lipinski definition) is 1. The van der Waals surface area contributed by atoms with Gasteiger partial charge in [0.25, 0.3) is 5.69 Å². The predicted molar refractivity (Wildman–Crippen MR) is 73.4 cm³/mol. The maximum atomic E-state index is 13.2. The fraction of sp³-hybridized carbons (Fsp3) is 0.143. The standard InChI is InChI=1S/C14H13FN2O3/c1-20-14-8-11(5-6-13(14)15)16-9-10-3-2-4-12(7-10)17(18)19/h2-8,16H,9H2,1H3. The highest BCUT2D eigenvalue weighted by Crippen LogP contribution is 2.22. The van der Waals surface area contributed by atoms with Crippen LogP contribution in [0.4, 0.5) is 15.8 Å². The Morgan fingerprint density at radius 2 is 2.10 bits per heavy atom. The zero-order valence-electron chi connectivity index (χ0n) is 10.8. The first kappa shape index (κ1) is 13.8. The second-order valence-electron chi connectivity index (χ2n) is 4.13. The van der Waals surface area contributed by atoms with Crippen molar-refractivity contribution in [1.29, 1.82) is 0 Å². The van der Waals surface area contributed by atoms with Gasteiger partial charge < -0.3 is 10.1 Å². The highest BCUT2D eigenvalue weighted by atomic mass is 19.1. The van der Waals surface area contributed by atoms with Crippen LogP contribution in [0.2, 0.25) is 0 Å². The van der Waals surface area contributed by atoms with Crippen molar-refractivity contribution in [1.82, 2.24) is 0 Å². The zero-order chi connectivity index (χ0) is 14.5. The van der Waals surface area contributed by atoms with Crippen molar-refractivity contribution in [3.63, 3.8) is 0 Å². The van der Waals surface area contributed by atoms with E-state index in [1.165, 1.54) is 31.4 Å². The summed E-state index contributed by atoms with van der Waals surface area (Å²) in [6.45, 7) is 0.399. The van der Waals surface area contributed by atoms with Crippen molar-refractivity contribution in [2.24, 2.45) is 0 Å². The minimum Gasteiger partial charge on any atom is -0.494 e. The summed E-state index contributed by atoms with van der Waals surface area (Å²) < 4.78 is 18.1. The number of nitrogens with one attached hydrogen (secondary N) is 1. The highest BCUT2D eigenvalue weighted by molar-refractivity contribution is 5.49. The summed E-state index contributed by atoms with van der Waals surface area (Å²) in [5.41, 5.74) is 1.48. The molecule has 20 heavy (non-hydrogen) atoms. The number of anilines is 1. The van der Waals surface area contributed by atoms with Crippen LogP contribution < -0.4 is 10.1 Å². The van der Waals surface area contributed by atoms with Crippen LogP contribution in [0.1, 0.15) is 5.56 Å². The van der Waals surface area contributed by atoms with E-state index in [0.717, 1.165) is 5.56 Å². The molecule has 0 spiro atoms. The predicted octanol–water partition coefficient (Wildman–Crippen LogP) is 3.35. The van der Waals surface area contributed by atoms with Crippen molar-refractivity contribution < 1.29 is 14.1 Å². The van der Waals surface area contributed by atoms with Gasteiger partial charge in [-0.3, -0.25) is 10.1 Å². The van der Waals surface area contributed by atoms with Crippen LogP contribution >= 0.6 is 0 Å². The number of nitrogens with zero attached hydrogens (tertiary/aromatic N) is 1. The van der Waals surface area contributed by atoms with Gasteiger partial charge in [-0.1, -0.05) is 12.1 Å². The van der Waals surface area contributed by atoms with Gasteiger partial charge in [-0.25, -0.2) is 4.39 Å². The fourth-order valence-corrected chi connectivity index (χ4v) is 1.75. The van der Waals surface area contributed by atoms with Crippen LogP contribution in [0.5, 0.6) is 5.75 Å². The Bertz CT molecular complexity index is 632. The van der Waals surface area contributed by atoms with Gasteiger partial charge in [-0.15, -0.1) is 0 Å². The lowest BCUT2D eigenvalue weighted by Gasteiger charge is -2.08. The van der Waals surface area contributed by atoms with E-state index in [0.29, 0.717) is 12.2 Å². The molecule has 2 rings (SSSR count). The van der Waals surface area contributed by atoms with Crippen LogP contribution in [0, 0.1) is 15.9 Å². The molecule has 0 bridgehead atoms. The number of non-ortho nitro benzene ring substituents is 1. The van der Waals surface area contributed by atoms with E-state index in [-0.39, 0.29) is 11.4 Å². The van der Waals surface area contributed by atoms with E-state index < -0.39 is 10.7 Å². The lowest BCUT2D eigenvalue weighted by atomic mass is 10.2. The molecule has 0 atom stereocenters. The number of nitro benzene ring substituents is 1. The average Bonchev–Trinajstić information content (AvgIpc) is 2.46. The van der Waals surface area contributed by atoms with E-state index >= 15 is 0 Å². The van der Waals surface area contributed by atoms with E-state index in [2.05, 4.69) is 5.32 Å². The van der Waals surface area contributed by atoms with Crippen molar-refractivity contribution in [2.75, 3.05) is 12.4 Å². The highest BCUT2D eigenvalue weighted by Gasteiger charge is 2.06. The molecule has 1 N–H and O–H groups in total. The van der Waals surface area contributed by atoms with E-state index in [4.69, 9.17) is 4.74 Å². The molecule has 0 fully saturated rings. The van der Waals surface area contributed by atoms with Gasteiger partial charge in [-0.2, -0.15) is 0 Å². The molecule has 0 saturated carbocycles. The fourth-order valence-electron chi connectivity index (χ4n) is 1.75. The molecule has 0 aliphatic heterocycles. The lowest BCUT2D eigenvalue weighted by Crippen LogP contribution is -2.01. The molecule has 104 valence electrons. The first-order valence-electron chi connectivity index (χ1n) is 5.91. The Morgan fingerprint density at radius 3 is 2.80 bits per heavy atom. The normalized spacial score (nSPS) is 10.1. The molecule has 0 unspecified atom stereocenters. The summed E-state index contributed by atoms with van der Waals surface area (Å²) in [5, 5.41) is 13.7. The second kappa shape index (κ2) is 6.01. The first-order chi connectivity index (χ1) is 9.60. The molecular weight excluding hydrogens is 263 g/mol. The minimum absolute atomic E-state index is 0.0426. The largest absolute Gasteiger partial charge is 0.494 e. The molecule has 2 aromatic carbocycles. The Morgan fingerprint density at radius 1 is 1.30 bits per heavy atom. The molecule has 0 heterocycles. The van der Waals surface area contributed by atoms with E-state index in [1.54, 1.807) is 18.2 Å². The number of hydrogen-bond acceptors (Lipinski definition) is 4. The molecule has 0 aromatic heterocycles. The average molecular weight is 276 g/mol. The summed E-state index contributed by atoms with van der Waals surface area (Å²) in [5.74, 6) is -0.289. The Balaban J connectivity index is 2.08. The van der Waals surface area contributed by atoms with Crippen LogP contribution in [0.15, 0.2) is 42.5 Å². The van der Waals surface area contributed by atoms with Gasteiger partial charge in [0.15, 0.2) is 11.6 Å². The van der Waals surface area contributed by atoms with Crippen LogP contribution in [0.25, 0.3) is 0 Å². The van der Waals surface area contributed by atoms with Crippen molar-refractivity contribution in [3.05, 3.63) is 64.0 Å². The van der Waals surface area contributed by atoms with Crippen LogP contribution in [-0.4, -0.2) is 12.0 Å². The van der Waals surface area contributed by atoms with E-state index in [9.17, 15) is 14.5 Å². The third kappa shape index (κ3) is 3.23. The van der Waals surface area contributed by atoms with Gasteiger partial charge in [0.2, 0.25) is 0 Å². The van der Waals surface area contributed by atoms with E-state index in [1.807, 2.05) is 0 Å². The van der Waals surface area contributed by atoms with Gasteiger partial charge in [0.05, 0.1) is 12.0 Å². The maximum absolute atomic E-state index is 13.2. The van der Waals surface area contributed by atoms with Gasteiger partial charge in [-0.05, 0) is 17.7 Å². The second-order valence-corrected chi connectivity index (χ2v) is 4.13. The number of halogens is 1. The molecule has 6 heteroatoms. The van der Waals surface area contributed by atoms with Gasteiger partial charge in [0, 0.05) is 30.4 Å². The molecular formula is C14H13FN2O3. The number of ether oxygens (including phenoxy) is 1. The Hall–Kier alpha value is -2.63. The SMILES string of the molecule is COc1cc(NCc2cccc([N+](=O)[O-])c2)ccc1F. The summed E-state index contributed by atoms with van der Waals surface area (Å²) >= 11 is 0. The number of nitro groups is 1. The molecule has 0 aliphatic carbocycles. The third-order valence-electron chi connectivity index (χ3n) is 2.77. The molecule has 2 aromatic rings. The monoisotopic (exact) mass is 276 g/mol. The Kier molecular flexibility index (Phi) is 4.14. The van der Waals surface area contributed by atoms with Gasteiger partial charge >= 0.3 is 0 Å². The van der Waals surface area contributed by atoms with Gasteiger partial charge in [0.1, 0.15) is 0 Å². The number of rotatable bonds is 5. The minimum atomic E-state index is -0.440. The summed E-state index contributed by atoms with van der Waals surface area (Å²) in [6, 6.07) is 10.7. The smallest absolute Gasteiger partial charge is 0.269 e. The molecule has 0 radical (unpaired) electrons. The van der Waals surface area contributed by atoms with Crippen molar-refractivity contribution in [3.8, 4) is 5.75 Å². The number of benzene rings is 2. The molecule has 0 saturated heterocycles. The third-order valence-corrected chi connectivity index (χ3v) is 2.77. The summed E-state index contributed by atoms with van der Waals surface area (Å²) in [4.78, 5) is 10.2.